The van der Waals surface area contributed by atoms with E-state index in [0.29, 0.717) is 18.1 Å². The predicted molar refractivity (Wildman–Crippen MR) is 79.2 cm³/mol. The summed E-state index contributed by atoms with van der Waals surface area (Å²) in [5, 5.41) is 2.72. The van der Waals surface area contributed by atoms with Gasteiger partial charge >= 0.3 is 0 Å². The van der Waals surface area contributed by atoms with E-state index in [1.807, 2.05) is 13.0 Å². The van der Waals surface area contributed by atoms with Gasteiger partial charge in [-0.1, -0.05) is 6.07 Å². The van der Waals surface area contributed by atoms with Crippen molar-refractivity contribution in [1.82, 2.24) is 14.7 Å². The SMILES string of the molecule is Cc1ccc2ncc(C(=O)NCC(N)C3CC3)c(=O)n2c1. The number of nitrogens with zero attached hydrogens (tertiary/aromatic N) is 2. The minimum atomic E-state index is -0.417. The molecule has 1 aliphatic rings. The Kier molecular flexibility index (Phi) is 3.47. The van der Waals surface area contributed by atoms with Crippen LogP contribution in [0.3, 0.4) is 0 Å². The number of pyridine rings is 1. The molecule has 2 aromatic rings. The van der Waals surface area contributed by atoms with E-state index in [2.05, 4.69) is 10.3 Å². The fraction of sp³-hybridized carbons (Fsp3) is 0.400. The molecule has 6 nitrogen and oxygen atoms in total. The van der Waals surface area contributed by atoms with E-state index >= 15 is 0 Å². The van der Waals surface area contributed by atoms with Crippen molar-refractivity contribution in [1.29, 1.82) is 0 Å². The van der Waals surface area contributed by atoms with Crippen LogP contribution in [0.1, 0.15) is 28.8 Å². The second-order valence-corrected chi connectivity index (χ2v) is 5.62. The summed E-state index contributed by atoms with van der Waals surface area (Å²) < 4.78 is 1.39. The van der Waals surface area contributed by atoms with Crippen molar-refractivity contribution in [3.05, 3.63) is 46.0 Å². The maximum absolute atomic E-state index is 12.3. The van der Waals surface area contributed by atoms with Crippen molar-refractivity contribution in [2.75, 3.05) is 6.54 Å². The van der Waals surface area contributed by atoms with Gasteiger partial charge in [0.05, 0.1) is 0 Å². The molecule has 1 saturated carbocycles. The molecule has 1 unspecified atom stereocenters. The van der Waals surface area contributed by atoms with E-state index in [4.69, 9.17) is 5.73 Å². The summed E-state index contributed by atoms with van der Waals surface area (Å²) in [4.78, 5) is 28.6. The van der Waals surface area contributed by atoms with Crippen LogP contribution >= 0.6 is 0 Å². The van der Waals surface area contributed by atoms with Crippen LogP contribution in [0.15, 0.2) is 29.3 Å². The van der Waals surface area contributed by atoms with Crippen LogP contribution in [0.4, 0.5) is 0 Å². The quantitative estimate of drug-likeness (QED) is 0.855. The first-order chi connectivity index (χ1) is 10.1. The van der Waals surface area contributed by atoms with Crippen molar-refractivity contribution >= 4 is 11.6 Å². The molecule has 0 radical (unpaired) electrons. The average Bonchev–Trinajstić information content (AvgIpc) is 3.30. The molecular weight excluding hydrogens is 268 g/mol. The first kappa shape index (κ1) is 13.8. The van der Waals surface area contributed by atoms with Crippen LogP contribution in [0.5, 0.6) is 0 Å². The summed E-state index contributed by atoms with van der Waals surface area (Å²) in [6.45, 7) is 2.27. The van der Waals surface area contributed by atoms with Crippen molar-refractivity contribution in [3.63, 3.8) is 0 Å². The molecule has 1 fully saturated rings. The van der Waals surface area contributed by atoms with Crippen molar-refractivity contribution in [2.24, 2.45) is 11.7 Å². The van der Waals surface area contributed by atoms with Crippen LogP contribution in [0.2, 0.25) is 0 Å². The van der Waals surface area contributed by atoms with Gasteiger partial charge in [0.2, 0.25) is 0 Å². The Balaban J connectivity index is 1.84. The van der Waals surface area contributed by atoms with Gasteiger partial charge in [0, 0.05) is 25.0 Å². The number of carbonyl (C=O) groups excluding carboxylic acids is 1. The number of carbonyl (C=O) groups is 1. The molecule has 0 aliphatic heterocycles. The average molecular weight is 286 g/mol. The molecule has 21 heavy (non-hydrogen) atoms. The molecule has 0 saturated heterocycles. The lowest BCUT2D eigenvalue weighted by Gasteiger charge is -2.11. The van der Waals surface area contributed by atoms with Gasteiger partial charge in [0.1, 0.15) is 11.2 Å². The Morgan fingerprint density at radius 3 is 3.00 bits per heavy atom. The zero-order chi connectivity index (χ0) is 15.0. The molecule has 0 aromatic carbocycles. The highest BCUT2D eigenvalue weighted by atomic mass is 16.2. The van der Waals surface area contributed by atoms with E-state index in [1.54, 1.807) is 12.3 Å². The zero-order valence-corrected chi connectivity index (χ0v) is 11.9. The first-order valence-corrected chi connectivity index (χ1v) is 7.08. The number of aryl methyl sites for hydroxylation is 1. The standard InChI is InChI=1S/C15H18N4O2/c1-9-2-5-13-17-6-11(15(21)19(13)8-9)14(20)18-7-12(16)10-3-4-10/h2,5-6,8,10,12H,3-4,7,16H2,1H3,(H,18,20). The molecule has 3 N–H and O–H groups in total. The van der Waals surface area contributed by atoms with Crippen LogP contribution in [-0.2, 0) is 0 Å². The molecule has 2 aromatic heterocycles. The molecule has 1 aliphatic carbocycles. The van der Waals surface area contributed by atoms with E-state index in [0.717, 1.165) is 18.4 Å². The third kappa shape index (κ3) is 2.80. The van der Waals surface area contributed by atoms with Gasteiger partial charge in [-0.3, -0.25) is 14.0 Å². The molecule has 1 amide bonds. The molecule has 0 spiro atoms. The first-order valence-electron chi connectivity index (χ1n) is 7.08. The Bertz CT molecular complexity index is 749. The second-order valence-electron chi connectivity index (χ2n) is 5.62. The predicted octanol–water partition coefficient (Wildman–Crippen LogP) is 0.470. The minimum absolute atomic E-state index is 0.0348. The lowest BCUT2D eigenvalue weighted by Crippen LogP contribution is -2.40. The Labute approximate surface area is 122 Å². The van der Waals surface area contributed by atoms with E-state index < -0.39 is 5.91 Å². The fourth-order valence-corrected chi connectivity index (χ4v) is 2.34. The maximum Gasteiger partial charge on any atom is 0.270 e. The van der Waals surface area contributed by atoms with Crippen LogP contribution in [0, 0.1) is 12.8 Å². The normalized spacial score (nSPS) is 15.9. The molecule has 110 valence electrons. The van der Waals surface area contributed by atoms with Crippen LogP contribution in [-0.4, -0.2) is 27.9 Å². The number of nitrogens with two attached hydrogens (primary N) is 1. The highest BCUT2D eigenvalue weighted by molar-refractivity contribution is 5.93. The largest absolute Gasteiger partial charge is 0.350 e. The number of aromatic nitrogens is 2. The van der Waals surface area contributed by atoms with Crippen molar-refractivity contribution in [2.45, 2.75) is 25.8 Å². The van der Waals surface area contributed by atoms with E-state index in [1.165, 1.54) is 10.6 Å². The smallest absolute Gasteiger partial charge is 0.270 e. The third-order valence-electron chi connectivity index (χ3n) is 3.82. The summed E-state index contributed by atoms with van der Waals surface area (Å²) in [5.74, 6) is 0.0864. The molecule has 2 heterocycles. The lowest BCUT2D eigenvalue weighted by atomic mass is 10.2. The molecular formula is C15H18N4O2. The molecule has 6 heteroatoms. The number of hydrogen-bond donors (Lipinski definition) is 2. The summed E-state index contributed by atoms with van der Waals surface area (Å²) in [5.41, 5.74) is 7.08. The van der Waals surface area contributed by atoms with Gasteiger partial charge in [0.25, 0.3) is 11.5 Å². The second kappa shape index (κ2) is 5.29. The van der Waals surface area contributed by atoms with E-state index in [-0.39, 0.29) is 17.2 Å². The number of amides is 1. The minimum Gasteiger partial charge on any atom is -0.350 e. The lowest BCUT2D eigenvalue weighted by molar-refractivity contribution is 0.0948. The number of nitrogens with one attached hydrogen (secondary N) is 1. The maximum atomic E-state index is 12.3. The Morgan fingerprint density at radius 2 is 2.29 bits per heavy atom. The topological polar surface area (TPSA) is 89.5 Å². The fourth-order valence-electron chi connectivity index (χ4n) is 2.34. The van der Waals surface area contributed by atoms with Crippen LogP contribution < -0.4 is 16.6 Å². The molecule has 0 bridgehead atoms. The van der Waals surface area contributed by atoms with Gasteiger partial charge in [-0.15, -0.1) is 0 Å². The monoisotopic (exact) mass is 286 g/mol. The van der Waals surface area contributed by atoms with Gasteiger partial charge in [-0.25, -0.2) is 4.98 Å². The Hall–Kier alpha value is -2.21. The zero-order valence-electron chi connectivity index (χ0n) is 11.9. The summed E-state index contributed by atoms with van der Waals surface area (Å²) in [6, 6.07) is 3.59. The number of rotatable bonds is 4. The van der Waals surface area contributed by atoms with Crippen molar-refractivity contribution in [3.8, 4) is 0 Å². The highest BCUT2D eigenvalue weighted by Crippen LogP contribution is 2.31. The summed E-state index contributed by atoms with van der Waals surface area (Å²) in [7, 11) is 0. The van der Waals surface area contributed by atoms with E-state index in [9.17, 15) is 9.59 Å². The van der Waals surface area contributed by atoms with Gasteiger partial charge < -0.3 is 11.1 Å². The van der Waals surface area contributed by atoms with Gasteiger partial charge in [0.15, 0.2) is 0 Å². The van der Waals surface area contributed by atoms with Gasteiger partial charge in [-0.05, 0) is 37.3 Å². The third-order valence-corrected chi connectivity index (χ3v) is 3.82. The van der Waals surface area contributed by atoms with Gasteiger partial charge in [-0.2, -0.15) is 0 Å². The Morgan fingerprint density at radius 1 is 1.52 bits per heavy atom. The van der Waals surface area contributed by atoms with Crippen molar-refractivity contribution < 1.29 is 4.79 Å². The number of hydrogen-bond acceptors (Lipinski definition) is 4. The number of fused-ring (bicyclic) bond motifs is 1. The van der Waals surface area contributed by atoms with Crippen LogP contribution in [0.25, 0.3) is 5.65 Å². The highest BCUT2D eigenvalue weighted by Gasteiger charge is 2.28. The molecule has 3 rings (SSSR count). The summed E-state index contributed by atoms with van der Waals surface area (Å²) in [6.07, 6.45) is 5.25. The molecule has 1 atom stereocenters. The summed E-state index contributed by atoms with van der Waals surface area (Å²) >= 11 is 0.